The first-order valence-electron chi connectivity index (χ1n) is 3.24. The fraction of sp³-hybridized carbons (Fsp3) is 0.111. The molecular formula is C9H8FO. The number of ether oxygens (including phenoxy) is 1. The van der Waals surface area contributed by atoms with E-state index in [2.05, 4.69) is 12.6 Å². The zero-order chi connectivity index (χ0) is 8.10. The third-order valence-corrected chi connectivity index (χ3v) is 1.13. The van der Waals surface area contributed by atoms with Gasteiger partial charge in [-0.05, 0) is 18.2 Å². The van der Waals surface area contributed by atoms with Crippen LogP contribution in [-0.2, 0) is 0 Å². The van der Waals surface area contributed by atoms with Gasteiger partial charge >= 0.3 is 0 Å². The average molecular weight is 151 g/mol. The van der Waals surface area contributed by atoms with Gasteiger partial charge in [-0.1, -0.05) is 18.7 Å². The Labute approximate surface area is 65.1 Å². The molecule has 0 aliphatic carbocycles. The van der Waals surface area contributed by atoms with Crippen molar-refractivity contribution in [2.75, 3.05) is 6.61 Å². The first-order valence-corrected chi connectivity index (χ1v) is 3.24. The second-order valence-electron chi connectivity index (χ2n) is 1.96. The highest BCUT2D eigenvalue weighted by Gasteiger charge is 1.98. The molecule has 0 bridgehead atoms. The minimum absolute atomic E-state index is 0.215. The van der Waals surface area contributed by atoms with Crippen LogP contribution in [0, 0.1) is 11.9 Å². The quantitative estimate of drug-likeness (QED) is 0.601. The molecule has 57 valence electrons. The first-order chi connectivity index (χ1) is 5.34. The number of hydrogen-bond acceptors (Lipinski definition) is 1. The Morgan fingerprint density at radius 2 is 2.55 bits per heavy atom. The summed E-state index contributed by atoms with van der Waals surface area (Å²) in [5, 5.41) is 0. The van der Waals surface area contributed by atoms with Crippen LogP contribution in [-0.4, -0.2) is 6.61 Å². The molecule has 0 atom stereocenters. The molecule has 0 aliphatic heterocycles. The second kappa shape index (κ2) is 3.76. The molecule has 1 nitrogen and oxygen atoms in total. The number of rotatable bonds is 3. The predicted octanol–water partition coefficient (Wildman–Crippen LogP) is 2.19. The molecule has 0 fully saturated rings. The summed E-state index contributed by atoms with van der Waals surface area (Å²) < 4.78 is 17.7. The van der Waals surface area contributed by atoms with E-state index in [0.717, 1.165) is 0 Å². The van der Waals surface area contributed by atoms with Crippen molar-refractivity contribution in [3.05, 3.63) is 42.7 Å². The average Bonchev–Trinajstić information content (AvgIpc) is 2.03. The van der Waals surface area contributed by atoms with Crippen molar-refractivity contribution in [3.8, 4) is 5.75 Å². The van der Waals surface area contributed by atoms with E-state index in [9.17, 15) is 4.39 Å². The largest absolute Gasteiger partial charge is 0.486 e. The van der Waals surface area contributed by atoms with Crippen LogP contribution in [0.4, 0.5) is 4.39 Å². The number of halogens is 1. The highest BCUT2D eigenvalue weighted by atomic mass is 19.1. The number of benzene rings is 1. The number of hydrogen-bond donors (Lipinski definition) is 0. The highest BCUT2D eigenvalue weighted by molar-refractivity contribution is 5.22. The van der Waals surface area contributed by atoms with Gasteiger partial charge in [0, 0.05) is 0 Å². The van der Waals surface area contributed by atoms with Crippen LogP contribution in [0.5, 0.6) is 5.75 Å². The maximum atomic E-state index is 12.7. The van der Waals surface area contributed by atoms with Gasteiger partial charge in [0.15, 0.2) is 11.6 Å². The Balaban J connectivity index is 2.69. The lowest BCUT2D eigenvalue weighted by Gasteiger charge is -2.02. The predicted molar refractivity (Wildman–Crippen MR) is 40.9 cm³/mol. The molecule has 1 aromatic carbocycles. The molecule has 0 aliphatic rings. The van der Waals surface area contributed by atoms with E-state index in [1.165, 1.54) is 18.2 Å². The Kier molecular flexibility index (Phi) is 2.66. The van der Waals surface area contributed by atoms with E-state index in [0.29, 0.717) is 6.61 Å². The van der Waals surface area contributed by atoms with Gasteiger partial charge in [-0.25, -0.2) is 4.39 Å². The highest BCUT2D eigenvalue weighted by Crippen LogP contribution is 2.14. The van der Waals surface area contributed by atoms with Crippen LogP contribution in [0.15, 0.2) is 30.9 Å². The lowest BCUT2D eigenvalue weighted by Crippen LogP contribution is -1.94. The molecule has 1 aromatic rings. The molecule has 0 saturated carbocycles. The normalized spacial score (nSPS) is 9.18. The van der Waals surface area contributed by atoms with Gasteiger partial charge < -0.3 is 4.74 Å². The SMILES string of the molecule is C=CCOc1c[c]ccc1F. The summed E-state index contributed by atoms with van der Waals surface area (Å²) >= 11 is 0. The summed E-state index contributed by atoms with van der Waals surface area (Å²) in [5.74, 6) is -0.155. The van der Waals surface area contributed by atoms with Gasteiger partial charge in [0.05, 0.1) is 0 Å². The summed E-state index contributed by atoms with van der Waals surface area (Å²) in [7, 11) is 0. The summed E-state index contributed by atoms with van der Waals surface area (Å²) in [5.41, 5.74) is 0. The molecule has 0 spiro atoms. The topological polar surface area (TPSA) is 9.23 Å². The molecular weight excluding hydrogens is 143 g/mol. The van der Waals surface area contributed by atoms with Crippen molar-refractivity contribution in [1.82, 2.24) is 0 Å². The van der Waals surface area contributed by atoms with Gasteiger partial charge in [-0.15, -0.1) is 0 Å². The third kappa shape index (κ3) is 2.08. The van der Waals surface area contributed by atoms with Gasteiger partial charge in [0.1, 0.15) is 6.61 Å². The summed E-state index contributed by atoms with van der Waals surface area (Å²) in [6.07, 6.45) is 1.56. The molecule has 2 heteroatoms. The van der Waals surface area contributed by atoms with E-state index in [-0.39, 0.29) is 11.6 Å². The minimum atomic E-state index is -0.370. The van der Waals surface area contributed by atoms with Crippen molar-refractivity contribution in [1.29, 1.82) is 0 Å². The van der Waals surface area contributed by atoms with Crippen LogP contribution < -0.4 is 4.74 Å². The summed E-state index contributed by atoms with van der Waals surface area (Å²) in [6.45, 7) is 3.76. The monoisotopic (exact) mass is 151 g/mol. The molecule has 0 amide bonds. The van der Waals surface area contributed by atoms with E-state index in [1.807, 2.05) is 0 Å². The van der Waals surface area contributed by atoms with E-state index >= 15 is 0 Å². The van der Waals surface area contributed by atoms with Gasteiger partial charge in [0.25, 0.3) is 0 Å². The van der Waals surface area contributed by atoms with E-state index < -0.39 is 0 Å². The fourth-order valence-corrected chi connectivity index (χ4v) is 0.655. The maximum absolute atomic E-state index is 12.7. The van der Waals surface area contributed by atoms with Gasteiger partial charge in [-0.3, -0.25) is 0 Å². The molecule has 1 rings (SSSR count). The lowest BCUT2D eigenvalue weighted by molar-refractivity contribution is 0.342. The van der Waals surface area contributed by atoms with Crippen LogP contribution in [0.3, 0.4) is 0 Å². The minimum Gasteiger partial charge on any atom is -0.486 e. The molecule has 0 unspecified atom stereocenters. The van der Waals surface area contributed by atoms with Crippen LogP contribution in [0.25, 0.3) is 0 Å². The summed E-state index contributed by atoms with van der Waals surface area (Å²) in [4.78, 5) is 0. The Morgan fingerprint density at radius 3 is 3.18 bits per heavy atom. The van der Waals surface area contributed by atoms with Crippen molar-refractivity contribution in [2.45, 2.75) is 0 Å². The van der Waals surface area contributed by atoms with Crippen LogP contribution in [0.1, 0.15) is 0 Å². The second-order valence-corrected chi connectivity index (χ2v) is 1.96. The molecule has 1 radical (unpaired) electrons. The molecule has 0 N–H and O–H groups in total. The smallest absolute Gasteiger partial charge is 0.165 e. The van der Waals surface area contributed by atoms with Crippen molar-refractivity contribution >= 4 is 0 Å². The first kappa shape index (κ1) is 7.79. The van der Waals surface area contributed by atoms with Gasteiger partial charge in [-0.2, -0.15) is 0 Å². The standard InChI is InChI=1S/C9H8FO/c1-2-7-11-9-6-4-3-5-8(9)10/h2-3,5-6H,1,7H2. The van der Waals surface area contributed by atoms with E-state index in [1.54, 1.807) is 6.08 Å². The van der Waals surface area contributed by atoms with Crippen LogP contribution in [0.2, 0.25) is 0 Å². The zero-order valence-corrected chi connectivity index (χ0v) is 6.01. The molecule has 0 saturated heterocycles. The van der Waals surface area contributed by atoms with Crippen molar-refractivity contribution in [3.63, 3.8) is 0 Å². The van der Waals surface area contributed by atoms with Crippen molar-refractivity contribution in [2.24, 2.45) is 0 Å². The van der Waals surface area contributed by atoms with Crippen LogP contribution >= 0.6 is 0 Å². The fourth-order valence-electron chi connectivity index (χ4n) is 0.655. The van der Waals surface area contributed by atoms with Gasteiger partial charge in [0.2, 0.25) is 0 Å². The van der Waals surface area contributed by atoms with Crippen molar-refractivity contribution < 1.29 is 9.13 Å². The molecule has 0 aromatic heterocycles. The Bertz CT molecular complexity index is 245. The maximum Gasteiger partial charge on any atom is 0.165 e. The summed E-state index contributed by atoms with van der Waals surface area (Å²) in [6, 6.07) is 6.97. The third-order valence-electron chi connectivity index (χ3n) is 1.13. The van der Waals surface area contributed by atoms with E-state index in [4.69, 9.17) is 4.74 Å². The lowest BCUT2D eigenvalue weighted by atomic mass is 10.3. The Hall–Kier alpha value is -1.31. The molecule has 0 heterocycles. The molecule has 11 heavy (non-hydrogen) atoms. The zero-order valence-electron chi connectivity index (χ0n) is 6.01. The Morgan fingerprint density at radius 1 is 1.73 bits per heavy atom.